The van der Waals surface area contributed by atoms with Crippen molar-refractivity contribution in [1.82, 2.24) is 4.98 Å². The highest BCUT2D eigenvalue weighted by Crippen LogP contribution is 2.55. The molecule has 6 nitrogen and oxygen atoms in total. The molecule has 2 aliphatic heterocycles. The molecule has 2 aliphatic rings. The number of thioether (sulfide) groups is 1. The normalized spacial score (nSPS) is 20.4. The third kappa shape index (κ3) is 4.77. The van der Waals surface area contributed by atoms with Crippen LogP contribution in [0.2, 0.25) is 0 Å². The lowest BCUT2D eigenvalue weighted by molar-refractivity contribution is -0.137. The second-order valence-corrected chi connectivity index (χ2v) is 12.3. The molecule has 4 aromatic rings. The van der Waals surface area contributed by atoms with E-state index in [2.05, 4.69) is 20.9 Å². The summed E-state index contributed by atoms with van der Waals surface area (Å²) in [7, 11) is 0. The Kier molecular flexibility index (Phi) is 6.87. The minimum Gasteiger partial charge on any atom is -0.489 e. The van der Waals surface area contributed by atoms with Gasteiger partial charge < -0.3 is 9.72 Å². The van der Waals surface area contributed by atoms with E-state index in [-0.39, 0.29) is 17.2 Å². The number of nitrogens with one attached hydrogen (secondary N) is 1. The average molecular weight is 647 g/mol. The van der Waals surface area contributed by atoms with Gasteiger partial charge in [0.1, 0.15) is 17.6 Å². The minimum atomic E-state index is -4.64. The first-order valence-corrected chi connectivity index (χ1v) is 14.5. The van der Waals surface area contributed by atoms with Crippen LogP contribution in [0, 0.1) is 5.92 Å². The van der Waals surface area contributed by atoms with Crippen molar-refractivity contribution in [3.05, 3.63) is 109 Å². The molecule has 40 heavy (non-hydrogen) atoms. The summed E-state index contributed by atoms with van der Waals surface area (Å²) < 4.78 is 47.2. The number of carbonyl (C=O) groups is 2. The molecule has 1 N–H and O–H groups in total. The van der Waals surface area contributed by atoms with Gasteiger partial charge in [-0.2, -0.15) is 13.2 Å². The Morgan fingerprint density at radius 1 is 0.950 bits per heavy atom. The molecule has 0 spiro atoms. The van der Waals surface area contributed by atoms with Gasteiger partial charge >= 0.3 is 11.0 Å². The predicted octanol–water partition coefficient (Wildman–Crippen LogP) is 6.59. The van der Waals surface area contributed by atoms with Crippen LogP contribution < -0.4 is 14.5 Å². The van der Waals surface area contributed by atoms with Gasteiger partial charge in [-0.3, -0.25) is 14.4 Å². The lowest BCUT2D eigenvalue weighted by Crippen LogP contribution is -2.32. The molecule has 1 aromatic heterocycles. The number of halogens is 4. The van der Waals surface area contributed by atoms with Gasteiger partial charge in [-0.05, 0) is 42.0 Å². The summed E-state index contributed by atoms with van der Waals surface area (Å²) in [6.07, 6.45) is -4.64. The average Bonchev–Trinajstić information content (AvgIpc) is 3.42. The van der Waals surface area contributed by atoms with Crippen LogP contribution in [0.4, 0.5) is 18.9 Å². The third-order valence-electron chi connectivity index (χ3n) is 6.80. The number of anilines is 1. The van der Waals surface area contributed by atoms with Crippen molar-refractivity contribution in [3.8, 4) is 5.75 Å². The summed E-state index contributed by atoms with van der Waals surface area (Å²) >= 11 is 5.48. The predicted molar refractivity (Wildman–Crippen MR) is 149 cm³/mol. The van der Waals surface area contributed by atoms with E-state index < -0.39 is 40.6 Å². The molecule has 204 valence electrons. The van der Waals surface area contributed by atoms with Crippen LogP contribution in [0.25, 0.3) is 0 Å². The second kappa shape index (κ2) is 10.2. The maximum Gasteiger partial charge on any atom is 0.416 e. The molecule has 12 heteroatoms. The van der Waals surface area contributed by atoms with Crippen molar-refractivity contribution >= 4 is 56.5 Å². The summed E-state index contributed by atoms with van der Waals surface area (Å²) in [5.74, 6) is -2.52. The summed E-state index contributed by atoms with van der Waals surface area (Å²) in [4.78, 5) is 43.9. The van der Waals surface area contributed by atoms with E-state index in [4.69, 9.17) is 4.74 Å². The summed E-state index contributed by atoms with van der Waals surface area (Å²) in [5.41, 5.74) is 0.398. The molecule has 2 unspecified atom stereocenters. The molecule has 1 fully saturated rings. The number of fused-ring (bicyclic) bond motifs is 2. The Hall–Kier alpha value is -3.35. The number of H-pyrrole nitrogens is 1. The van der Waals surface area contributed by atoms with Crippen LogP contribution in [-0.2, 0) is 22.4 Å². The van der Waals surface area contributed by atoms with Gasteiger partial charge in [-0.25, -0.2) is 4.90 Å². The van der Waals surface area contributed by atoms with Crippen LogP contribution in [0.1, 0.15) is 27.5 Å². The zero-order valence-electron chi connectivity index (χ0n) is 20.3. The Labute approximate surface area is 242 Å². The second-order valence-electron chi connectivity index (χ2n) is 9.27. The van der Waals surface area contributed by atoms with Crippen molar-refractivity contribution in [2.24, 2.45) is 5.92 Å². The lowest BCUT2D eigenvalue weighted by Gasteiger charge is -2.31. The highest BCUT2D eigenvalue weighted by molar-refractivity contribution is 9.10. The van der Waals surface area contributed by atoms with Gasteiger partial charge in [0.2, 0.25) is 11.8 Å². The zero-order chi connectivity index (χ0) is 28.2. The summed E-state index contributed by atoms with van der Waals surface area (Å²) in [5, 5.41) is -0.493. The van der Waals surface area contributed by atoms with E-state index >= 15 is 0 Å². The van der Waals surface area contributed by atoms with Crippen molar-refractivity contribution in [1.29, 1.82) is 0 Å². The number of aromatic amines is 1. The van der Waals surface area contributed by atoms with Gasteiger partial charge in [-0.1, -0.05) is 75.4 Å². The first kappa shape index (κ1) is 26.9. The number of hydrogen-bond donors (Lipinski definition) is 1. The fourth-order valence-corrected chi connectivity index (χ4v) is 7.94. The Bertz CT molecular complexity index is 1690. The number of ether oxygens (including phenoxy) is 1. The van der Waals surface area contributed by atoms with Crippen LogP contribution >= 0.6 is 39.0 Å². The highest BCUT2D eigenvalue weighted by Gasteiger charge is 2.57. The van der Waals surface area contributed by atoms with Gasteiger partial charge in [0, 0.05) is 20.8 Å². The minimum absolute atomic E-state index is 0.148. The van der Waals surface area contributed by atoms with Gasteiger partial charge in [0.15, 0.2) is 0 Å². The van der Waals surface area contributed by atoms with E-state index in [9.17, 15) is 27.6 Å². The number of carbonyl (C=O) groups excluding carboxylic acids is 2. The number of rotatable bonds is 5. The van der Waals surface area contributed by atoms with E-state index in [1.165, 1.54) is 12.1 Å². The Morgan fingerprint density at radius 2 is 1.73 bits per heavy atom. The first-order chi connectivity index (χ1) is 19.1. The van der Waals surface area contributed by atoms with E-state index in [1.54, 1.807) is 18.2 Å². The number of nitrogens with zero attached hydrogens (tertiary/aromatic N) is 1. The summed E-state index contributed by atoms with van der Waals surface area (Å²) in [6, 6.07) is 19.0. The zero-order valence-corrected chi connectivity index (χ0v) is 23.5. The van der Waals surface area contributed by atoms with E-state index in [0.717, 1.165) is 45.7 Å². The molecular formula is C28H18BrF3N2O4S2. The summed E-state index contributed by atoms with van der Waals surface area (Å²) in [6.45, 7) is 0.241. The number of amides is 2. The monoisotopic (exact) mass is 646 g/mol. The van der Waals surface area contributed by atoms with Crippen LogP contribution in [0.3, 0.4) is 0 Å². The fourth-order valence-electron chi connectivity index (χ4n) is 5.06. The number of imide groups is 1. The smallest absolute Gasteiger partial charge is 0.416 e. The van der Waals surface area contributed by atoms with Gasteiger partial charge in [0.05, 0.1) is 22.2 Å². The Morgan fingerprint density at radius 3 is 2.48 bits per heavy atom. The molecule has 0 aliphatic carbocycles. The van der Waals surface area contributed by atoms with Gasteiger partial charge in [-0.15, -0.1) is 0 Å². The molecule has 0 radical (unpaired) electrons. The number of alkyl halides is 3. The molecule has 1 saturated heterocycles. The SMILES string of the molecule is O=C1C2Sc3[nH]c(=O)sc3[C@H](c3cc(Br)ccc3OCc3ccccc3)C2C(=O)N1c1cccc(C(F)(F)F)c1. The molecule has 2 amide bonds. The van der Waals surface area contributed by atoms with E-state index in [0.29, 0.717) is 25.7 Å². The first-order valence-electron chi connectivity index (χ1n) is 12.0. The van der Waals surface area contributed by atoms with Crippen molar-refractivity contribution in [3.63, 3.8) is 0 Å². The fraction of sp³-hybridized carbons (Fsp3) is 0.179. The molecule has 3 aromatic carbocycles. The van der Waals surface area contributed by atoms with Crippen molar-refractivity contribution < 1.29 is 27.5 Å². The molecule has 3 heterocycles. The molecular weight excluding hydrogens is 629 g/mol. The molecule has 6 rings (SSSR count). The van der Waals surface area contributed by atoms with Crippen molar-refractivity contribution in [2.75, 3.05) is 4.90 Å². The number of thiazole rings is 1. The molecule has 0 bridgehead atoms. The highest BCUT2D eigenvalue weighted by atomic mass is 79.9. The van der Waals surface area contributed by atoms with Gasteiger partial charge in [0.25, 0.3) is 0 Å². The van der Waals surface area contributed by atoms with Crippen LogP contribution in [0.15, 0.2) is 87.1 Å². The van der Waals surface area contributed by atoms with Crippen LogP contribution in [-0.4, -0.2) is 22.0 Å². The van der Waals surface area contributed by atoms with Crippen LogP contribution in [0.5, 0.6) is 5.75 Å². The topological polar surface area (TPSA) is 79.5 Å². The maximum absolute atomic E-state index is 14.0. The lowest BCUT2D eigenvalue weighted by atomic mass is 9.82. The quantitative estimate of drug-likeness (QED) is 0.248. The largest absolute Gasteiger partial charge is 0.489 e. The van der Waals surface area contributed by atoms with E-state index in [1.807, 2.05) is 30.3 Å². The maximum atomic E-state index is 14.0. The number of hydrogen-bond acceptors (Lipinski definition) is 6. The Balaban J connectivity index is 1.45. The van der Waals surface area contributed by atoms with Crippen molar-refractivity contribution in [2.45, 2.75) is 29.0 Å². The molecule has 0 saturated carbocycles. The number of benzene rings is 3. The third-order valence-corrected chi connectivity index (χ3v) is 9.69. The standard InChI is InChI=1S/C28H18BrF3N2O4S2/c29-16-9-10-19(38-13-14-5-2-1-3-6-14)18(12-16)20-21-23(39-24-22(20)40-27(37)33-24)26(36)34(25(21)35)17-8-4-7-15(11-17)28(30,31)32/h1-12,20-21,23H,13H2,(H,33,37)/t20-,21?,23?/m1/s1. The number of aromatic nitrogens is 1. The molecule has 3 atom stereocenters.